The standard InChI is InChI=1S/C23H30N4O/c1-18-4-7-20(8-5-18)17-27-13-10-21(23(27)28)25-11-3-12-26(15-14-25)22-9-6-19(2)16-24-22/h4-9,16,21H,3,10-15,17H2,1-2H3/t21-/m1/s1. The Morgan fingerprint density at radius 1 is 0.929 bits per heavy atom. The van der Waals surface area contributed by atoms with Gasteiger partial charge in [0.05, 0.1) is 6.04 Å². The molecular formula is C23H30N4O. The summed E-state index contributed by atoms with van der Waals surface area (Å²) in [6, 6.07) is 12.8. The molecule has 4 rings (SSSR count). The van der Waals surface area contributed by atoms with Gasteiger partial charge in [-0.05, 0) is 43.9 Å². The highest BCUT2D eigenvalue weighted by Gasteiger charge is 2.36. The summed E-state index contributed by atoms with van der Waals surface area (Å²) < 4.78 is 0. The van der Waals surface area contributed by atoms with E-state index < -0.39 is 0 Å². The second-order valence-electron chi connectivity index (χ2n) is 8.12. The van der Waals surface area contributed by atoms with Crippen molar-refractivity contribution in [2.45, 2.75) is 39.3 Å². The SMILES string of the molecule is Cc1ccc(CN2CC[C@@H](N3CCCN(c4ccc(C)cn4)CC3)C2=O)cc1. The monoisotopic (exact) mass is 378 g/mol. The Kier molecular flexibility index (Phi) is 5.62. The third kappa shape index (κ3) is 4.20. The van der Waals surface area contributed by atoms with Crippen molar-refractivity contribution < 1.29 is 4.79 Å². The average Bonchev–Trinajstić information content (AvgIpc) is 2.91. The highest BCUT2D eigenvalue weighted by molar-refractivity contribution is 5.84. The van der Waals surface area contributed by atoms with Crippen LogP contribution in [-0.2, 0) is 11.3 Å². The highest BCUT2D eigenvalue weighted by Crippen LogP contribution is 2.22. The minimum Gasteiger partial charge on any atom is -0.355 e. The number of likely N-dealkylation sites (tertiary alicyclic amines) is 1. The van der Waals surface area contributed by atoms with E-state index in [-0.39, 0.29) is 6.04 Å². The van der Waals surface area contributed by atoms with Gasteiger partial charge in [-0.1, -0.05) is 35.9 Å². The van der Waals surface area contributed by atoms with E-state index in [9.17, 15) is 4.79 Å². The molecule has 0 N–H and O–H groups in total. The average molecular weight is 379 g/mol. The lowest BCUT2D eigenvalue weighted by molar-refractivity contribution is -0.132. The summed E-state index contributed by atoms with van der Waals surface area (Å²) in [5.74, 6) is 1.34. The number of anilines is 1. The maximum Gasteiger partial charge on any atom is 0.240 e. The number of aromatic nitrogens is 1. The zero-order valence-electron chi connectivity index (χ0n) is 17.0. The summed E-state index contributed by atoms with van der Waals surface area (Å²) in [5.41, 5.74) is 3.66. The van der Waals surface area contributed by atoms with Crippen LogP contribution in [0.1, 0.15) is 29.5 Å². The van der Waals surface area contributed by atoms with Gasteiger partial charge in [-0.3, -0.25) is 9.69 Å². The van der Waals surface area contributed by atoms with Gasteiger partial charge in [0.1, 0.15) is 5.82 Å². The Morgan fingerprint density at radius 3 is 2.46 bits per heavy atom. The van der Waals surface area contributed by atoms with Crippen LogP contribution in [0.2, 0.25) is 0 Å². The number of pyridine rings is 1. The van der Waals surface area contributed by atoms with Crippen molar-refractivity contribution in [2.24, 2.45) is 0 Å². The van der Waals surface area contributed by atoms with Gasteiger partial charge in [0.25, 0.3) is 0 Å². The lowest BCUT2D eigenvalue weighted by atomic mass is 10.1. The zero-order valence-corrected chi connectivity index (χ0v) is 17.0. The third-order valence-corrected chi connectivity index (χ3v) is 5.95. The molecule has 5 heteroatoms. The smallest absolute Gasteiger partial charge is 0.240 e. The number of benzene rings is 1. The Morgan fingerprint density at radius 2 is 1.71 bits per heavy atom. The first-order valence-electron chi connectivity index (χ1n) is 10.4. The van der Waals surface area contributed by atoms with Gasteiger partial charge in [-0.25, -0.2) is 4.98 Å². The molecule has 0 unspecified atom stereocenters. The largest absolute Gasteiger partial charge is 0.355 e. The molecule has 148 valence electrons. The number of rotatable bonds is 4. The van der Waals surface area contributed by atoms with Crippen LogP contribution < -0.4 is 4.90 Å². The van der Waals surface area contributed by atoms with Crippen molar-refractivity contribution >= 4 is 11.7 Å². The topological polar surface area (TPSA) is 39.7 Å². The van der Waals surface area contributed by atoms with E-state index in [0.717, 1.165) is 57.9 Å². The van der Waals surface area contributed by atoms with Crippen molar-refractivity contribution in [2.75, 3.05) is 37.6 Å². The molecule has 0 aliphatic carbocycles. The lowest BCUT2D eigenvalue weighted by Crippen LogP contribution is -2.43. The Bertz CT molecular complexity index is 802. The number of hydrogen-bond donors (Lipinski definition) is 0. The molecule has 1 aromatic heterocycles. The molecule has 0 saturated carbocycles. The molecule has 2 aromatic rings. The van der Waals surface area contributed by atoms with E-state index in [1.165, 1.54) is 16.7 Å². The zero-order chi connectivity index (χ0) is 19.5. The quantitative estimate of drug-likeness (QED) is 0.820. The van der Waals surface area contributed by atoms with Gasteiger partial charge in [-0.15, -0.1) is 0 Å². The van der Waals surface area contributed by atoms with E-state index >= 15 is 0 Å². The van der Waals surface area contributed by atoms with E-state index in [1.807, 2.05) is 11.1 Å². The second-order valence-corrected chi connectivity index (χ2v) is 8.12. The van der Waals surface area contributed by atoms with Gasteiger partial charge in [0, 0.05) is 45.5 Å². The fourth-order valence-electron chi connectivity index (χ4n) is 4.26. The Labute approximate surface area is 168 Å². The molecule has 1 amide bonds. The van der Waals surface area contributed by atoms with E-state index in [0.29, 0.717) is 5.91 Å². The molecule has 2 fully saturated rings. The number of nitrogens with zero attached hydrogens (tertiary/aromatic N) is 4. The first kappa shape index (κ1) is 18.9. The molecule has 28 heavy (non-hydrogen) atoms. The van der Waals surface area contributed by atoms with Crippen LogP contribution in [0.15, 0.2) is 42.6 Å². The third-order valence-electron chi connectivity index (χ3n) is 5.95. The number of carbonyl (C=O) groups is 1. The molecule has 2 saturated heterocycles. The molecular weight excluding hydrogens is 348 g/mol. The van der Waals surface area contributed by atoms with Crippen LogP contribution in [-0.4, -0.2) is 59.5 Å². The van der Waals surface area contributed by atoms with Crippen LogP contribution in [0.3, 0.4) is 0 Å². The van der Waals surface area contributed by atoms with Crippen LogP contribution >= 0.6 is 0 Å². The van der Waals surface area contributed by atoms with Crippen LogP contribution in [0.4, 0.5) is 5.82 Å². The lowest BCUT2D eigenvalue weighted by Gasteiger charge is -2.27. The first-order valence-corrected chi connectivity index (χ1v) is 10.4. The number of amides is 1. The highest BCUT2D eigenvalue weighted by atomic mass is 16.2. The molecule has 0 radical (unpaired) electrons. The summed E-state index contributed by atoms with van der Waals surface area (Å²) in [7, 11) is 0. The fraction of sp³-hybridized carbons (Fsp3) is 0.478. The minimum atomic E-state index is 0.0383. The molecule has 0 bridgehead atoms. The second kappa shape index (κ2) is 8.31. The Hall–Kier alpha value is -2.40. The fourth-order valence-corrected chi connectivity index (χ4v) is 4.26. The maximum atomic E-state index is 13.0. The first-order chi connectivity index (χ1) is 13.6. The van der Waals surface area contributed by atoms with E-state index in [4.69, 9.17) is 0 Å². The number of hydrogen-bond acceptors (Lipinski definition) is 4. The summed E-state index contributed by atoms with van der Waals surface area (Å²) in [5, 5.41) is 0. The van der Waals surface area contributed by atoms with Gasteiger partial charge in [-0.2, -0.15) is 0 Å². The van der Waals surface area contributed by atoms with Gasteiger partial charge in [0.15, 0.2) is 0 Å². The molecule has 0 spiro atoms. The number of aryl methyl sites for hydroxylation is 2. The molecule has 3 heterocycles. The number of carbonyl (C=O) groups excluding carboxylic acids is 1. The van der Waals surface area contributed by atoms with Gasteiger partial charge < -0.3 is 9.80 Å². The predicted octanol–water partition coefficient (Wildman–Crippen LogP) is 3.01. The molecule has 2 aliphatic heterocycles. The maximum absolute atomic E-state index is 13.0. The van der Waals surface area contributed by atoms with Crippen molar-refractivity contribution in [1.29, 1.82) is 0 Å². The van der Waals surface area contributed by atoms with Crippen LogP contribution in [0, 0.1) is 13.8 Å². The summed E-state index contributed by atoms with van der Waals surface area (Å²) in [4.78, 5) is 24.4. The molecule has 1 aromatic carbocycles. The Balaban J connectivity index is 1.36. The normalized spacial score (nSPS) is 21.2. The van der Waals surface area contributed by atoms with Crippen molar-refractivity contribution in [3.63, 3.8) is 0 Å². The van der Waals surface area contributed by atoms with Gasteiger partial charge in [0.2, 0.25) is 5.91 Å². The van der Waals surface area contributed by atoms with Gasteiger partial charge >= 0.3 is 0 Å². The van der Waals surface area contributed by atoms with E-state index in [1.54, 1.807) is 0 Å². The molecule has 1 atom stereocenters. The van der Waals surface area contributed by atoms with Crippen molar-refractivity contribution in [3.05, 3.63) is 59.3 Å². The molecule has 5 nitrogen and oxygen atoms in total. The van der Waals surface area contributed by atoms with Crippen LogP contribution in [0.5, 0.6) is 0 Å². The predicted molar refractivity (Wildman–Crippen MR) is 112 cm³/mol. The van der Waals surface area contributed by atoms with Crippen molar-refractivity contribution in [3.8, 4) is 0 Å². The minimum absolute atomic E-state index is 0.0383. The summed E-state index contributed by atoms with van der Waals surface area (Å²) in [6.07, 6.45) is 3.94. The van der Waals surface area contributed by atoms with Crippen molar-refractivity contribution in [1.82, 2.24) is 14.8 Å². The summed E-state index contributed by atoms with van der Waals surface area (Å²) >= 11 is 0. The summed E-state index contributed by atoms with van der Waals surface area (Å²) in [6.45, 7) is 9.57. The van der Waals surface area contributed by atoms with Crippen LogP contribution in [0.25, 0.3) is 0 Å². The van der Waals surface area contributed by atoms with E-state index in [2.05, 4.69) is 65.0 Å². The molecule has 2 aliphatic rings.